The SMILES string of the molecule is O=C1CCCC1c1cccc2cccnc12. The maximum absolute atomic E-state index is 11.8. The molecule has 1 atom stereocenters. The first kappa shape index (κ1) is 9.52. The van der Waals surface area contributed by atoms with Crippen LogP contribution in [-0.4, -0.2) is 10.8 Å². The second-order valence-electron chi connectivity index (χ2n) is 4.33. The lowest BCUT2D eigenvalue weighted by Gasteiger charge is -2.10. The predicted molar refractivity (Wildman–Crippen MR) is 63.3 cm³/mol. The summed E-state index contributed by atoms with van der Waals surface area (Å²) in [5, 5.41) is 1.12. The van der Waals surface area contributed by atoms with Crippen LogP contribution in [0, 0.1) is 0 Å². The van der Waals surface area contributed by atoms with Gasteiger partial charge in [-0.05, 0) is 24.5 Å². The Hall–Kier alpha value is -1.70. The number of hydrogen-bond acceptors (Lipinski definition) is 2. The largest absolute Gasteiger partial charge is 0.299 e. The van der Waals surface area contributed by atoms with Crippen molar-refractivity contribution in [1.82, 2.24) is 4.98 Å². The Bertz CT molecular complexity index is 542. The monoisotopic (exact) mass is 211 g/mol. The van der Waals surface area contributed by atoms with Gasteiger partial charge in [0, 0.05) is 23.9 Å². The first-order chi connectivity index (χ1) is 7.86. The average molecular weight is 211 g/mol. The number of ketones is 1. The molecule has 1 aromatic heterocycles. The number of carbonyl (C=O) groups excluding carboxylic acids is 1. The Morgan fingerprint density at radius 1 is 1.19 bits per heavy atom. The summed E-state index contributed by atoms with van der Waals surface area (Å²) in [5.41, 5.74) is 2.10. The maximum atomic E-state index is 11.8. The molecule has 2 nitrogen and oxygen atoms in total. The molecular weight excluding hydrogens is 198 g/mol. The summed E-state index contributed by atoms with van der Waals surface area (Å²) < 4.78 is 0. The molecule has 0 spiro atoms. The van der Waals surface area contributed by atoms with E-state index in [1.54, 1.807) is 6.20 Å². The smallest absolute Gasteiger partial charge is 0.140 e. The zero-order chi connectivity index (χ0) is 11.0. The van der Waals surface area contributed by atoms with Gasteiger partial charge in [-0.25, -0.2) is 0 Å². The highest BCUT2D eigenvalue weighted by molar-refractivity contribution is 5.93. The number of rotatable bonds is 1. The Kier molecular flexibility index (Phi) is 2.21. The van der Waals surface area contributed by atoms with Crippen molar-refractivity contribution in [2.24, 2.45) is 0 Å². The summed E-state index contributed by atoms with van der Waals surface area (Å²) in [6.07, 6.45) is 4.53. The predicted octanol–water partition coefficient (Wildman–Crippen LogP) is 3.07. The third-order valence-corrected chi connectivity index (χ3v) is 3.34. The number of nitrogens with zero attached hydrogens (tertiary/aromatic N) is 1. The minimum Gasteiger partial charge on any atom is -0.299 e. The summed E-state index contributed by atoms with van der Waals surface area (Å²) in [6.45, 7) is 0. The zero-order valence-electron chi connectivity index (χ0n) is 9.02. The van der Waals surface area contributed by atoms with Gasteiger partial charge in [-0.3, -0.25) is 9.78 Å². The van der Waals surface area contributed by atoms with E-state index in [1.807, 2.05) is 30.3 Å². The number of aromatic nitrogens is 1. The lowest BCUT2D eigenvalue weighted by Crippen LogP contribution is -2.05. The average Bonchev–Trinajstić information content (AvgIpc) is 2.75. The van der Waals surface area contributed by atoms with E-state index in [0.29, 0.717) is 5.78 Å². The van der Waals surface area contributed by atoms with E-state index in [9.17, 15) is 4.79 Å². The van der Waals surface area contributed by atoms with Gasteiger partial charge in [-0.15, -0.1) is 0 Å². The van der Waals surface area contributed by atoms with E-state index in [4.69, 9.17) is 0 Å². The molecule has 0 N–H and O–H groups in total. The first-order valence-corrected chi connectivity index (χ1v) is 5.72. The van der Waals surface area contributed by atoms with Crippen LogP contribution in [0.3, 0.4) is 0 Å². The van der Waals surface area contributed by atoms with Gasteiger partial charge in [0.1, 0.15) is 5.78 Å². The van der Waals surface area contributed by atoms with Gasteiger partial charge in [0.15, 0.2) is 0 Å². The normalized spacial score (nSPS) is 20.5. The van der Waals surface area contributed by atoms with Gasteiger partial charge in [0.2, 0.25) is 0 Å². The van der Waals surface area contributed by atoms with Crippen LogP contribution < -0.4 is 0 Å². The summed E-state index contributed by atoms with van der Waals surface area (Å²) in [4.78, 5) is 16.2. The highest BCUT2D eigenvalue weighted by Gasteiger charge is 2.27. The van der Waals surface area contributed by atoms with Crippen LogP contribution in [0.5, 0.6) is 0 Å². The maximum Gasteiger partial charge on any atom is 0.140 e. The summed E-state index contributed by atoms with van der Waals surface area (Å²) in [6, 6.07) is 10.1. The number of para-hydroxylation sites is 1. The molecule has 0 saturated heterocycles. The summed E-state index contributed by atoms with van der Waals surface area (Å²) in [7, 11) is 0. The Morgan fingerprint density at radius 2 is 2.06 bits per heavy atom. The van der Waals surface area contributed by atoms with E-state index < -0.39 is 0 Å². The van der Waals surface area contributed by atoms with E-state index in [2.05, 4.69) is 4.98 Å². The Balaban J connectivity index is 2.19. The second kappa shape index (κ2) is 3.71. The molecule has 1 aliphatic carbocycles. The van der Waals surface area contributed by atoms with Crippen LogP contribution in [0.25, 0.3) is 10.9 Å². The van der Waals surface area contributed by atoms with Crippen LogP contribution in [-0.2, 0) is 4.79 Å². The van der Waals surface area contributed by atoms with Crippen molar-refractivity contribution < 1.29 is 4.79 Å². The topological polar surface area (TPSA) is 30.0 Å². The van der Waals surface area contributed by atoms with Crippen LogP contribution in [0.2, 0.25) is 0 Å². The van der Waals surface area contributed by atoms with Crippen LogP contribution in [0.15, 0.2) is 36.5 Å². The number of benzene rings is 1. The minimum atomic E-state index is 0.0820. The van der Waals surface area contributed by atoms with Crippen LogP contribution in [0.1, 0.15) is 30.7 Å². The van der Waals surface area contributed by atoms with Gasteiger partial charge in [-0.1, -0.05) is 24.3 Å². The number of fused-ring (bicyclic) bond motifs is 1. The van der Waals surface area contributed by atoms with Crippen molar-refractivity contribution >= 4 is 16.7 Å². The van der Waals surface area contributed by atoms with Crippen LogP contribution >= 0.6 is 0 Å². The molecule has 1 aliphatic rings. The van der Waals surface area contributed by atoms with E-state index in [1.165, 1.54) is 0 Å². The lowest BCUT2D eigenvalue weighted by molar-refractivity contribution is -0.118. The molecule has 0 bridgehead atoms. The number of pyridine rings is 1. The van der Waals surface area contributed by atoms with Crippen molar-refractivity contribution in [1.29, 1.82) is 0 Å². The molecule has 0 aliphatic heterocycles. The summed E-state index contributed by atoms with van der Waals surface area (Å²) in [5.74, 6) is 0.455. The highest BCUT2D eigenvalue weighted by atomic mass is 16.1. The van der Waals surface area contributed by atoms with Gasteiger partial charge < -0.3 is 0 Å². The van der Waals surface area contributed by atoms with Crippen molar-refractivity contribution in [2.45, 2.75) is 25.2 Å². The molecule has 3 rings (SSSR count). The van der Waals surface area contributed by atoms with Gasteiger partial charge in [0.05, 0.1) is 5.52 Å². The Labute approximate surface area is 94.3 Å². The van der Waals surface area contributed by atoms with Crippen LogP contribution in [0.4, 0.5) is 0 Å². The quantitative estimate of drug-likeness (QED) is 0.725. The molecule has 16 heavy (non-hydrogen) atoms. The van der Waals surface area contributed by atoms with Gasteiger partial charge in [0.25, 0.3) is 0 Å². The number of Topliss-reactive ketones (excluding diaryl/α,β-unsaturated/α-hetero) is 1. The molecule has 1 unspecified atom stereocenters. The highest BCUT2D eigenvalue weighted by Crippen LogP contribution is 2.34. The van der Waals surface area contributed by atoms with Gasteiger partial charge in [-0.2, -0.15) is 0 Å². The van der Waals surface area contributed by atoms with Crippen molar-refractivity contribution in [3.05, 3.63) is 42.1 Å². The van der Waals surface area contributed by atoms with Crippen molar-refractivity contribution in [3.8, 4) is 0 Å². The molecule has 1 saturated carbocycles. The van der Waals surface area contributed by atoms with Gasteiger partial charge >= 0.3 is 0 Å². The molecule has 1 aromatic carbocycles. The third-order valence-electron chi connectivity index (χ3n) is 3.34. The molecule has 1 fully saturated rings. The standard InChI is InChI=1S/C14H13NO/c16-13-8-2-6-11(13)12-7-1-4-10-5-3-9-15-14(10)12/h1,3-5,7,9,11H,2,6,8H2. The zero-order valence-corrected chi connectivity index (χ0v) is 9.02. The molecule has 80 valence electrons. The van der Waals surface area contributed by atoms with E-state index in [0.717, 1.165) is 35.7 Å². The fraction of sp³-hybridized carbons (Fsp3) is 0.286. The van der Waals surface area contributed by atoms with E-state index >= 15 is 0 Å². The molecule has 2 aromatic rings. The fourth-order valence-corrected chi connectivity index (χ4v) is 2.55. The molecule has 0 radical (unpaired) electrons. The van der Waals surface area contributed by atoms with Crippen molar-refractivity contribution in [2.75, 3.05) is 0 Å². The number of hydrogen-bond donors (Lipinski definition) is 0. The Morgan fingerprint density at radius 3 is 2.88 bits per heavy atom. The summed E-state index contributed by atoms with van der Waals surface area (Å²) >= 11 is 0. The van der Waals surface area contributed by atoms with Crippen molar-refractivity contribution in [3.63, 3.8) is 0 Å². The molecule has 2 heteroatoms. The van der Waals surface area contributed by atoms with E-state index in [-0.39, 0.29) is 5.92 Å². The fourth-order valence-electron chi connectivity index (χ4n) is 2.55. The molecule has 1 heterocycles. The molecule has 0 amide bonds. The third kappa shape index (κ3) is 1.42. The lowest BCUT2D eigenvalue weighted by atomic mass is 9.94. The molecular formula is C14H13NO. The number of carbonyl (C=O) groups is 1. The minimum absolute atomic E-state index is 0.0820. The second-order valence-corrected chi connectivity index (χ2v) is 4.33. The first-order valence-electron chi connectivity index (χ1n) is 5.72.